The molecule has 1 aliphatic carbocycles. The summed E-state index contributed by atoms with van der Waals surface area (Å²) in [6, 6.07) is 4.38. The molecule has 3 unspecified atom stereocenters. The molecule has 27 heavy (non-hydrogen) atoms. The van der Waals surface area contributed by atoms with E-state index >= 15 is 0 Å². The number of hydrogen-bond donors (Lipinski definition) is 2. The third-order valence-electron chi connectivity index (χ3n) is 4.84. The molecule has 1 saturated carbocycles. The Balaban J connectivity index is 1.97. The number of nitrogens with zero attached hydrogens (tertiary/aromatic N) is 1. The lowest BCUT2D eigenvalue weighted by Gasteiger charge is -2.45. The Morgan fingerprint density at radius 1 is 1.44 bits per heavy atom. The first-order valence-electron chi connectivity index (χ1n) is 9.01. The number of thioether (sulfide) groups is 1. The second-order valence-electron chi connectivity index (χ2n) is 8.09. The number of nitrogen functional groups attached to an aromatic ring is 1. The van der Waals surface area contributed by atoms with Crippen LogP contribution < -0.4 is 11.1 Å². The van der Waals surface area contributed by atoms with E-state index in [1.807, 2.05) is 0 Å². The molecule has 0 bridgehead atoms. The maximum absolute atomic E-state index is 14.7. The van der Waals surface area contributed by atoms with E-state index in [0.717, 1.165) is 0 Å². The van der Waals surface area contributed by atoms with Gasteiger partial charge in [0.25, 0.3) is 0 Å². The molecule has 1 heterocycles. The van der Waals surface area contributed by atoms with Gasteiger partial charge in [-0.2, -0.15) is 0 Å². The largest absolute Gasteiger partial charge is 0.444 e. The van der Waals surface area contributed by atoms with Gasteiger partial charge in [0.2, 0.25) is 0 Å². The number of anilines is 1. The highest BCUT2D eigenvalue weighted by molar-refractivity contribution is 8.13. The first-order valence-corrected chi connectivity index (χ1v) is 10.00. The fourth-order valence-electron chi connectivity index (χ4n) is 3.69. The van der Waals surface area contributed by atoms with Crippen molar-refractivity contribution in [1.82, 2.24) is 5.32 Å². The molecule has 1 amide bonds. The fourth-order valence-corrected chi connectivity index (χ4v) is 4.85. The van der Waals surface area contributed by atoms with Crippen molar-refractivity contribution in [3.05, 3.63) is 29.6 Å². The minimum atomic E-state index is -0.933. The van der Waals surface area contributed by atoms with Crippen LogP contribution in [0.15, 0.2) is 23.2 Å². The summed E-state index contributed by atoms with van der Waals surface area (Å²) < 4.78 is 34.0. The highest BCUT2D eigenvalue weighted by Crippen LogP contribution is 2.50. The van der Waals surface area contributed by atoms with Gasteiger partial charge in [0, 0.05) is 22.9 Å². The number of nitrogens with two attached hydrogens (primary N) is 1. The molecule has 5 nitrogen and oxygen atoms in total. The number of carbonyl (C=O) groups is 1. The van der Waals surface area contributed by atoms with Crippen LogP contribution in [-0.2, 0) is 10.3 Å². The van der Waals surface area contributed by atoms with Gasteiger partial charge in [0.05, 0.1) is 5.54 Å². The molecule has 8 heteroatoms. The number of aliphatic imine (C=N–C) groups is 1. The first-order chi connectivity index (χ1) is 12.6. The maximum atomic E-state index is 14.7. The third kappa shape index (κ3) is 4.36. The number of alkyl halides is 1. The topological polar surface area (TPSA) is 76.7 Å². The molecule has 1 aromatic rings. The van der Waals surface area contributed by atoms with Crippen LogP contribution >= 0.6 is 11.8 Å². The standard InChI is InChI=1S/C19H25F2N3O2S/c1-18(2,3)26-17(25)23-16-24-19(14-9-13(22)4-5-15(14)21)7-6-12(20)8-11(19)10-27-16/h4-5,9,11-12H,6-8,10,22H2,1-3H3,(H,23,24,25). The number of carbonyl (C=O) groups excluding carboxylic acids is 1. The molecular formula is C19H25F2N3O2S. The average Bonchev–Trinajstić information content (AvgIpc) is 2.55. The van der Waals surface area contributed by atoms with E-state index in [-0.39, 0.29) is 5.92 Å². The van der Waals surface area contributed by atoms with Gasteiger partial charge in [-0.25, -0.2) is 13.6 Å². The quantitative estimate of drug-likeness (QED) is 0.690. The summed E-state index contributed by atoms with van der Waals surface area (Å²) in [5.74, 6) is -0.0611. The number of hydrogen-bond acceptors (Lipinski definition) is 5. The maximum Gasteiger partial charge on any atom is 0.413 e. The van der Waals surface area contributed by atoms with Gasteiger partial charge in [-0.1, -0.05) is 11.8 Å². The van der Waals surface area contributed by atoms with Gasteiger partial charge in [0.15, 0.2) is 5.17 Å². The number of benzene rings is 1. The van der Waals surface area contributed by atoms with Crippen molar-refractivity contribution in [2.45, 2.75) is 57.3 Å². The first kappa shape index (κ1) is 19.9. The van der Waals surface area contributed by atoms with Crippen LogP contribution in [-0.4, -0.2) is 28.8 Å². The zero-order valence-corrected chi connectivity index (χ0v) is 16.5. The number of rotatable bonds is 1. The van der Waals surface area contributed by atoms with Crippen molar-refractivity contribution in [2.24, 2.45) is 10.9 Å². The van der Waals surface area contributed by atoms with E-state index in [1.54, 1.807) is 26.8 Å². The van der Waals surface area contributed by atoms with Crippen molar-refractivity contribution >= 4 is 28.7 Å². The van der Waals surface area contributed by atoms with Crippen LogP contribution in [0.5, 0.6) is 0 Å². The molecule has 2 aliphatic rings. The van der Waals surface area contributed by atoms with Crippen LogP contribution in [0.3, 0.4) is 0 Å². The minimum absolute atomic E-state index is 0.174. The third-order valence-corrected chi connectivity index (χ3v) is 5.88. The number of fused-ring (bicyclic) bond motifs is 1. The van der Waals surface area contributed by atoms with Crippen molar-refractivity contribution < 1.29 is 18.3 Å². The number of amidine groups is 1. The van der Waals surface area contributed by atoms with Crippen molar-refractivity contribution in [1.29, 1.82) is 0 Å². The molecule has 148 valence electrons. The molecule has 1 aliphatic heterocycles. The Bertz CT molecular complexity index is 766. The molecule has 3 rings (SSSR count). The summed E-state index contributed by atoms with van der Waals surface area (Å²) in [6.45, 7) is 5.31. The SMILES string of the molecule is CC(C)(C)OC(=O)NC1=NC2(c3cc(N)ccc3F)CCC(F)CC2CS1. The lowest BCUT2D eigenvalue weighted by molar-refractivity contribution is 0.0562. The lowest BCUT2D eigenvalue weighted by Crippen LogP contribution is -2.47. The number of ether oxygens (including phenoxy) is 1. The average molecular weight is 397 g/mol. The van der Waals surface area contributed by atoms with Crippen molar-refractivity contribution in [3.63, 3.8) is 0 Å². The molecule has 0 saturated heterocycles. The van der Waals surface area contributed by atoms with Crippen LogP contribution in [0.2, 0.25) is 0 Å². The fraction of sp³-hybridized carbons (Fsp3) is 0.579. The zero-order valence-electron chi connectivity index (χ0n) is 15.7. The van der Waals surface area contributed by atoms with Crippen molar-refractivity contribution in [3.8, 4) is 0 Å². The number of alkyl carbamates (subject to hydrolysis) is 1. The van der Waals surface area contributed by atoms with E-state index in [9.17, 15) is 13.6 Å². The van der Waals surface area contributed by atoms with Gasteiger partial charge < -0.3 is 10.5 Å². The Morgan fingerprint density at radius 2 is 2.19 bits per heavy atom. The van der Waals surface area contributed by atoms with Crippen LogP contribution in [0, 0.1) is 11.7 Å². The second-order valence-corrected chi connectivity index (χ2v) is 9.10. The second kappa shape index (κ2) is 7.30. The van der Waals surface area contributed by atoms with E-state index in [1.165, 1.54) is 23.9 Å². The van der Waals surface area contributed by atoms with Crippen LogP contribution in [0.1, 0.15) is 45.6 Å². The normalized spacial score (nSPS) is 28.1. The Morgan fingerprint density at radius 3 is 2.89 bits per heavy atom. The smallest absolute Gasteiger partial charge is 0.413 e. The zero-order chi connectivity index (χ0) is 19.8. The van der Waals surface area contributed by atoms with Gasteiger partial charge in [-0.05, 0) is 58.2 Å². The predicted octanol–water partition coefficient (Wildman–Crippen LogP) is 4.37. The van der Waals surface area contributed by atoms with Crippen LogP contribution in [0.4, 0.5) is 19.3 Å². The molecule has 1 fully saturated rings. The molecule has 0 spiro atoms. The van der Waals surface area contributed by atoms with E-state index in [2.05, 4.69) is 5.32 Å². The number of halogens is 2. The molecule has 0 radical (unpaired) electrons. The van der Waals surface area contributed by atoms with E-state index in [0.29, 0.717) is 41.4 Å². The number of amides is 1. The summed E-state index contributed by atoms with van der Waals surface area (Å²) in [6.07, 6.45) is -0.583. The summed E-state index contributed by atoms with van der Waals surface area (Å²) >= 11 is 1.33. The van der Waals surface area contributed by atoms with E-state index < -0.39 is 29.2 Å². The van der Waals surface area contributed by atoms with Crippen molar-refractivity contribution in [2.75, 3.05) is 11.5 Å². The minimum Gasteiger partial charge on any atom is -0.444 e. The molecule has 0 aromatic heterocycles. The molecular weight excluding hydrogens is 372 g/mol. The molecule has 1 aromatic carbocycles. The van der Waals surface area contributed by atoms with E-state index in [4.69, 9.17) is 15.5 Å². The molecule has 3 N–H and O–H groups in total. The van der Waals surface area contributed by atoms with Gasteiger partial charge in [-0.15, -0.1) is 0 Å². The van der Waals surface area contributed by atoms with Crippen LogP contribution in [0.25, 0.3) is 0 Å². The summed E-state index contributed by atoms with van der Waals surface area (Å²) in [7, 11) is 0. The van der Waals surface area contributed by atoms with Gasteiger partial charge in [0.1, 0.15) is 17.6 Å². The lowest BCUT2D eigenvalue weighted by atomic mass is 9.69. The molecule has 3 atom stereocenters. The predicted molar refractivity (Wildman–Crippen MR) is 104 cm³/mol. The summed E-state index contributed by atoms with van der Waals surface area (Å²) in [5, 5.41) is 3.01. The Hall–Kier alpha value is -1.83. The monoisotopic (exact) mass is 397 g/mol. The van der Waals surface area contributed by atoms with Gasteiger partial charge in [-0.3, -0.25) is 10.3 Å². The van der Waals surface area contributed by atoms with Gasteiger partial charge >= 0.3 is 6.09 Å². The summed E-state index contributed by atoms with van der Waals surface area (Å²) in [4.78, 5) is 16.8. The summed E-state index contributed by atoms with van der Waals surface area (Å²) in [5.41, 5.74) is 5.10. The Kier molecular flexibility index (Phi) is 5.38. The number of nitrogens with one attached hydrogen (secondary N) is 1. The Labute approximate surface area is 162 Å². The highest BCUT2D eigenvalue weighted by Gasteiger charge is 2.49. The highest BCUT2D eigenvalue weighted by atomic mass is 32.2.